The number of fused-ring (bicyclic) bond motifs is 1. The van der Waals surface area contributed by atoms with E-state index in [1.54, 1.807) is 7.05 Å². The van der Waals surface area contributed by atoms with Crippen molar-refractivity contribution in [2.24, 2.45) is 16.3 Å². The predicted octanol–water partition coefficient (Wildman–Crippen LogP) is 0.788. The number of guanidine groups is 1. The van der Waals surface area contributed by atoms with Crippen molar-refractivity contribution in [1.82, 2.24) is 10.6 Å². The molecule has 2 aliphatic rings. The van der Waals surface area contributed by atoms with Crippen LogP contribution in [0.5, 0.6) is 0 Å². The smallest absolute Gasteiger partial charge is 0.191 e. The number of hydrogen-bond donors (Lipinski definition) is 2. The van der Waals surface area contributed by atoms with Crippen molar-refractivity contribution in [2.45, 2.75) is 51.8 Å². The highest BCUT2D eigenvalue weighted by molar-refractivity contribution is 7.90. The van der Waals surface area contributed by atoms with E-state index < -0.39 is 9.84 Å². The summed E-state index contributed by atoms with van der Waals surface area (Å²) < 4.78 is 28.3. The molecule has 2 rings (SSSR count). The highest BCUT2D eigenvalue weighted by Crippen LogP contribution is 2.52. The number of aliphatic imine (C=N–C) groups is 1. The van der Waals surface area contributed by atoms with Gasteiger partial charge in [0.1, 0.15) is 9.84 Å². The van der Waals surface area contributed by atoms with Gasteiger partial charge in [-0.15, -0.1) is 0 Å². The number of hydrogen-bond acceptors (Lipinski definition) is 4. The van der Waals surface area contributed by atoms with Crippen molar-refractivity contribution >= 4 is 15.8 Å². The summed E-state index contributed by atoms with van der Waals surface area (Å²) in [7, 11) is -1.18. The lowest BCUT2D eigenvalue weighted by molar-refractivity contribution is -0.106. The van der Waals surface area contributed by atoms with E-state index in [1.807, 2.05) is 6.92 Å². The van der Waals surface area contributed by atoms with Crippen LogP contribution in [0, 0.1) is 11.3 Å². The molecule has 4 atom stereocenters. The van der Waals surface area contributed by atoms with Crippen LogP contribution in [0.1, 0.15) is 33.6 Å². The van der Waals surface area contributed by atoms with Crippen LogP contribution in [-0.2, 0) is 14.6 Å². The fourth-order valence-corrected chi connectivity index (χ4v) is 4.41. The molecular formula is C15H29N3O3S. The summed E-state index contributed by atoms with van der Waals surface area (Å²) in [4.78, 5) is 4.28. The fourth-order valence-electron chi connectivity index (χ4n) is 3.63. The Hall–Kier alpha value is -0.820. The monoisotopic (exact) mass is 331 g/mol. The van der Waals surface area contributed by atoms with Crippen molar-refractivity contribution in [3.05, 3.63) is 0 Å². The molecule has 0 aromatic rings. The standard InChI is InChI=1S/C15H29N3O3S/c1-10(7-9-22(5,19)20)17-14(16-4)18-12-11-6-8-21-13(11)15(12,2)3/h10-13H,6-9H2,1-5H3,(H2,16,17,18). The van der Waals surface area contributed by atoms with E-state index in [0.717, 1.165) is 19.0 Å². The highest BCUT2D eigenvalue weighted by atomic mass is 32.2. The van der Waals surface area contributed by atoms with Gasteiger partial charge in [0.15, 0.2) is 5.96 Å². The van der Waals surface area contributed by atoms with Crippen LogP contribution >= 0.6 is 0 Å². The molecule has 1 aliphatic heterocycles. The van der Waals surface area contributed by atoms with Gasteiger partial charge in [0.2, 0.25) is 0 Å². The third kappa shape index (κ3) is 3.74. The van der Waals surface area contributed by atoms with Gasteiger partial charge >= 0.3 is 0 Å². The minimum atomic E-state index is -2.93. The molecule has 0 aromatic heterocycles. The molecule has 7 heteroatoms. The number of rotatable bonds is 5. The predicted molar refractivity (Wildman–Crippen MR) is 88.8 cm³/mol. The molecule has 0 radical (unpaired) electrons. The van der Waals surface area contributed by atoms with Gasteiger partial charge in [-0.25, -0.2) is 8.42 Å². The lowest BCUT2D eigenvalue weighted by atomic mass is 9.57. The maximum Gasteiger partial charge on any atom is 0.191 e. The van der Waals surface area contributed by atoms with E-state index >= 15 is 0 Å². The average molecular weight is 331 g/mol. The van der Waals surface area contributed by atoms with Crippen molar-refractivity contribution in [2.75, 3.05) is 25.7 Å². The van der Waals surface area contributed by atoms with Gasteiger partial charge in [0.25, 0.3) is 0 Å². The first-order valence-corrected chi connectivity index (χ1v) is 10.0. The zero-order valence-electron chi connectivity index (χ0n) is 14.2. The van der Waals surface area contributed by atoms with Gasteiger partial charge in [-0.3, -0.25) is 4.99 Å². The summed E-state index contributed by atoms with van der Waals surface area (Å²) in [6.07, 6.45) is 3.27. The van der Waals surface area contributed by atoms with E-state index in [1.165, 1.54) is 6.26 Å². The van der Waals surface area contributed by atoms with Crippen LogP contribution in [0.2, 0.25) is 0 Å². The SMILES string of the molecule is CN=C(NC(C)CCS(C)(=O)=O)NC1C2CCOC2C1(C)C. The molecule has 2 fully saturated rings. The normalized spacial score (nSPS) is 32.0. The summed E-state index contributed by atoms with van der Waals surface area (Å²) >= 11 is 0. The Morgan fingerprint density at radius 3 is 2.73 bits per heavy atom. The Morgan fingerprint density at radius 2 is 2.14 bits per heavy atom. The zero-order valence-corrected chi connectivity index (χ0v) is 15.0. The summed E-state index contributed by atoms with van der Waals surface area (Å²) in [5.41, 5.74) is 0.0920. The lowest BCUT2D eigenvalue weighted by Gasteiger charge is -2.55. The van der Waals surface area contributed by atoms with E-state index in [2.05, 4.69) is 29.5 Å². The molecule has 1 saturated carbocycles. The molecule has 0 amide bonds. The maximum absolute atomic E-state index is 11.2. The third-order valence-corrected chi connectivity index (χ3v) is 5.90. The van der Waals surface area contributed by atoms with Crippen LogP contribution in [0.4, 0.5) is 0 Å². The van der Waals surface area contributed by atoms with Gasteiger partial charge in [-0.05, 0) is 19.8 Å². The maximum atomic E-state index is 11.2. The van der Waals surface area contributed by atoms with Crippen LogP contribution in [0.25, 0.3) is 0 Å². The van der Waals surface area contributed by atoms with E-state index in [9.17, 15) is 8.42 Å². The van der Waals surface area contributed by atoms with E-state index in [0.29, 0.717) is 24.5 Å². The highest BCUT2D eigenvalue weighted by Gasteiger charge is 2.59. The molecule has 22 heavy (non-hydrogen) atoms. The van der Waals surface area contributed by atoms with Crippen molar-refractivity contribution < 1.29 is 13.2 Å². The molecule has 1 saturated heterocycles. The Labute approximate surface area is 134 Å². The van der Waals surface area contributed by atoms with Crippen LogP contribution in [0.15, 0.2) is 4.99 Å². The molecule has 1 aliphatic carbocycles. The summed E-state index contributed by atoms with van der Waals surface area (Å²) in [6, 6.07) is 0.396. The summed E-state index contributed by atoms with van der Waals surface area (Å²) in [5.74, 6) is 1.47. The van der Waals surface area contributed by atoms with Crippen molar-refractivity contribution in [1.29, 1.82) is 0 Å². The fraction of sp³-hybridized carbons (Fsp3) is 0.933. The van der Waals surface area contributed by atoms with E-state index in [4.69, 9.17) is 4.74 Å². The number of nitrogens with zero attached hydrogens (tertiary/aromatic N) is 1. The quantitative estimate of drug-likeness (QED) is 0.575. The van der Waals surface area contributed by atoms with Crippen molar-refractivity contribution in [3.63, 3.8) is 0 Å². The molecule has 128 valence electrons. The first-order chi connectivity index (χ1) is 10.1. The average Bonchev–Trinajstić information content (AvgIpc) is 2.87. The van der Waals surface area contributed by atoms with Gasteiger partial charge in [0, 0.05) is 43.3 Å². The molecule has 2 N–H and O–H groups in total. The second kappa shape index (κ2) is 6.35. The molecule has 0 bridgehead atoms. The van der Waals surface area contributed by atoms with Gasteiger partial charge in [-0.2, -0.15) is 0 Å². The largest absolute Gasteiger partial charge is 0.377 e. The Morgan fingerprint density at radius 1 is 1.45 bits per heavy atom. The molecule has 1 heterocycles. The molecule has 4 unspecified atom stereocenters. The summed E-state index contributed by atoms with van der Waals surface area (Å²) in [5, 5.41) is 6.79. The van der Waals surface area contributed by atoms with Gasteiger partial charge in [0.05, 0.1) is 11.9 Å². The third-order valence-electron chi connectivity index (χ3n) is 4.92. The minimum Gasteiger partial charge on any atom is -0.377 e. The molecule has 0 aromatic carbocycles. The Bertz CT molecular complexity index is 530. The first-order valence-electron chi connectivity index (χ1n) is 7.94. The lowest BCUT2D eigenvalue weighted by Crippen LogP contribution is -2.68. The molecule has 0 spiro atoms. The molecule has 6 nitrogen and oxygen atoms in total. The number of ether oxygens (including phenoxy) is 1. The Balaban J connectivity index is 1.88. The number of nitrogens with one attached hydrogen (secondary N) is 2. The van der Waals surface area contributed by atoms with Gasteiger partial charge < -0.3 is 15.4 Å². The zero-order chi connectivity index (χ0) is 16.5. The summed E-state index contributed by atoms with van der Waals surface area (Å²) in [6.45, 7) is 7.26. The van der Waals surface area contributed by atoms with Gasteiger partial charge in [-0.1, -0.05) is 13.8 Å². The first kappa shape index (κ1) is 17.5. The van der Waals surface area contributed by atoms with Crippen molar-refractivity contribution in [3.8, 4) is 0 Å². The minimum absolute atomic E-state index is 0.0553. The number of sulfone groups is 1. The van der Waals surface area contributed by atoms with E-state index in [-0.39, 0.29) is 17.2 Å². The van der Waals surface area contributed by atoms with Crippen LogP contribution in [0.3, 0.4) is 0 Å². The van der Waals surface area contributed by atoms with Crippen LogP contribution in [-0.4, -0.2) is 58.2 Å². The second-order valence-electron chi connectivity index (χ2n) is 7.22. The Kier molecular flexibility index (Phi) is 5.06. The second-order valence-corrected chi connectivity index (χ2v) is 9.48. The molecular weight excluding hydrogens is 302 g/mol. The van der Waals surface area contributed by atoms with Crippen LogP contribution < -0.4 is 10.6 Å². The topological polar surface area (TPSA) is 79.8 Å².